The highest BCUT2D eigenvalue weighted by atomic mass is 79.9. The van der Waals surface area contributed by atoms with Gasteiger partial charge in [0.2, 0.25) is 5.91 Å². The summed E-state index contributed by atoms with van der Waals surface area (Å²) in [5.41, 5.74) is 7.30. The van der Waals surface area contributed by atoms with Crippen LogP contribution in [0.1, 0.15) is 5.69 Å². The van der Waals surface area contributed by atoms with Gasteiger partial charge in [0.1, 0.15) is 6.54 Å². The fraction of sp³-hybridized carbons (Fsp3) is 0.154. The molecular weight excluding hydrogens is 294 g/mol. The molecule has 0 aliphatic rings. The Morgan fingerprint density at radius 2 is 2.06 bits per heavy atom. The summed E-state index contributed by atoms with van der Waals surface area (Å²) in [6, 6.07) is 11.3. The first kappa shape index (κ1) is 12.9. The molecule has 0 aliphatic heterocycles. The molecule has 1 heterocycles. The van der Waals surface area contributed by atoms with E-state index in [2.05, 4.69) is 21.2 Å². The number of nitrogens with one attached hydrogen (secondary N) is 1. The van der Waals surface area contributed by atoms with Gasteiger partial charge in [-0.15, -0.1) is 0 Å². The van der Waals surface area contributed by atoms with E-state index in [1.54, 1.807) is 0 Å². The van der Waals surface area contributed by atoms with E-state index in [9.17, 15) is 4.79 Å². The maximum atomic E-state index is 11.9. The number of halogens is 1. The number of benzene rings is 1. The van der Waals surface area contributed by atoms with Crippen LogP contribution < -0.4 is 11.1 Å². The molecule has 94 valence electrons. The van der Waals surface area contributed by atoms with E-state index in [0.29, 0.717) is 6.54 Å². The van der Waals surface area contributed by atoms with Gasteiger partial charge in [-0.1, -0.05) is 12.1 Å². The van der Waals surface area contributed by atoms with Gasteiger partial charge in [-0.3, -0.25) is 4.79 Å². The SMILES string of the molecule is NCc1cccn1CC(=O)Nc1ccccc1Br. The third-order valence-corrected chi connectivity index (χ3v) is 3.29. The lowest BCUT2D eigenvalue weighted by Gasteiger charge is -2.09. The third-order valence-electron chi connectivity index (χ3n) is 2.59. The molecule has 2 rings (SSSR count). The van der Waals surface area contributed by atoms with Crippen molar-refractivity contribution in [3.8, 4) is 0 Å². The summed E-state index contributed by atoms with van der Waals surface area (Å²) < 4.78 is 2.71. The Morgan fingerprint density at radius 3 is 2.78 bits per heavy atom. The van der Waals surface area contributed by atoms with Gasteiger partial charge < -0.3 is 15.6 Å². The summed E-state index contributed by atoms with van der Waals surface area (Å²) in [5.74, 6) is -0.0761. The van der Waals surface area contributed by atoms with Crippen LogP contribution in [0.2, 0.25) is 0 Å². The predicted octanol–water partition coefficient (Wildman–Crippen LogP) is 2.35. The second kappa shape index (κ2) is 5.84. The molecule has 5 heteroatoms. The van der Waals surface area contributed by atoms with Crippen molar-refractivity contribution in [2.45, 2.75) is 13.1 Å². The molecule has 0 saturated heterocycles. The number of anilines is 1. The lowest BCUT2D eigenvalue weighted by atomic mass is 10.3. The average Bonchev–Trinajstić information content (AvgIpc) is 2.79. The Labute approximate surface area is 114 Å². The number of para-hydroxylation sites is 1. The topological polar surface area (TPSA) is 60.0 Å². The molecular formula is C13H14BrN3O. The minimum absolute atomic E-state index is 0.0761. The van der Waals surface area contributed by atoms with Gasteiger partial charge >= 0.3 is 0 Å². The Kier molecular flexibility index (Phi) is 4.17. The van der Waals surface area contributed by atoms with Gasteiger partial charge in [0.25, 0.3) is 0 Å². The molecule has 0 saturated carbocycles. The van der Waals surface area contributed by atoms with Crippen molar-refractivity contribution in [2.75, 3.05) is 5.32 Å². The predicted molar refractivity (Wildman–Crippen MR) is 75.1 cm³/mol. The Morgan fingerprint density at radius 1 is 1.28 bits per heavy atom. The molecule has 0 radical (unpaired) electrons. The average molecular weight is 308 g/mol. The number of carbonyl (C=O) groups is 1. The number of rotatable bonds is 4. The van der Waals surface area contributed by atoms with Crippen molar-refractivity contribution in [2.24, 2.45) is 5.73 Å². The molecule has 1 aromatic carbocycles. The molecule has 18 heavy (non-hydrogen) atoms. The number of hydrogen-bond acceptors (Lipinski definition) is 2. The fourth-order valence-corrected chi connectivity index (χ4v) is 2.08. The fourth-order valence-electron chi connectivity index (χ4n) is 1.70. The van der Waals surface area contributed by atoms with E-state index >= 15 is 0 Å². The van der Waals surface area contributed by atoms with Crippen molar-refractivity contribution >= 4 is 27.5 Å². The molecule has 0 bridgehead atoms. The second-order valence-corrected chi connectivity index (χ2v) is 4.71. The van der Waals surface area contributed by atoms with Gasteiger partial charge in [0.15, 0.2) is 0 Å². The summed E-state index contributed by atoms with van der Waals surface area (Å²) >= 11 is 3.39. The van der Waals surface area contributed by atoms with Crippen LogP contribution in [0.3, 0.4) is 0 Å². The van der Waals surface area contributed by atoms with Gasteiger partial charge in [-0.25, -0.2) is 0 Å². The van der Waals surface area contributed by atoms with Crippen LogP contribution in [0.5, 0.6) is 0 Å². The zero-order valence-corrected chi connectivity index (χ0v) is 11.4. The molecule has 0 fully saturated rings. The van der Waals surface area contributed by atoms with Gasteiger partial charge in [0.05, 0.1) is 5.69 Å². The van der Waals surface area contributed by atoms with E-state index in [4.69, 9.17) is 5.73 Å². The summed E-state index contributed by atoms with van der Waals surface area (Å²) in [5, 5.41) is 2.85. The van der Waals surface area contributed by atoms with Crippen LogP contribution >= 0.6 is 15.9 Å². The zero-order chi connectivity index (χ0) is 13.0. The first-order valence-electron chi connectivity index (χ1n) is 5.59. The standard InChI is InChI=1S/C13H14BrN3O/c14-11-5-1-2-6-12(11)16-13(18)9-17-7-3-4-10(17)8-15/h1-7H,8-9,15H2,(H,16,18). The van der Waals surface area contributed by atoms with Crippen LogP contribution in [-0.2, 0) is 17.9 Å². The maximum Gasteiger partial charge on any atom is 0.244 e. The molecule has 0 unspecified atom stereocenters. The largest absolute Gasteiger partial charge is 0.341 e. The van der Waals surface area contributed by atoms with E-state index < -0.39 is 0 Å². The lowest BCUT2D eigenvalue weighted by molar-refractivity contribution is -0.116. The normalized spacial score (nSPS) is 10.3. The Hall–Kier alpha value is -1.59. The van der Waals surface area contributed by atoms with E-state index in [1.165, 1.54) is 0 Å². The molecule has 0 spiro atoms. The highest BCUT2D eigenvalue weighted by molar-refractivity contribution is 9.10. The van der Waals surface area contributed by atoms with Gasteiger partial charge in [0, 0.05) is 22.9 Å². The second-order valence-electron chi connectivity index (χ2n) is 3.86. The van der Waals surface area contributed by atoms with Crippen LogP contribution in [0.15, 0.2) is 47.1 Å². The van der Waals surface area contributed by atoms with Gasteiger partial charge in [-0.05, 0) is 40.2 Å². The van der Waals surface area contributed by atoms with Crippen LogP contribution in [0, 0.1) is 0 Å². The van der Waals surface area contributed by atoms with E-state index in [1.807, 2.05) is 47.2 Å². The number of nitrogens with zero attached hydrogens (tertiary/aromatic N) is 1. The van der Waals surface area contributed by atoms with Crippen LogP contribution in [0.25, 0.3) is 0 Å². The van der Waals surface area contributed by atoms with Crippen molar-refractivity contribution in [3.63, 3.8) is 0 Å². The number of nitrogens with two attached hydrogens (primary N) is 1. The summed E-state index contributed by atoms with van der Waals surface area (Å²) in [4.78, 5) is 11.9. The summed E-state index contributed by atoms with van der Waals surface area (Å²) in [6.07, 6.45) is 1.85. The molecule has 4 nitrogen and oxygen atoms in total. The molecule has 2 aromatic rings. The minimum Gasteiger partial charge on any atom is -0.341 e. The summed E-state index contributed by atoms with van der Waals surface area (Å²) in [6.45, 7) is 0.691. The molecule has 0 aliphatic carbocycles. The Balaban J connectivity index is 2.04. The van der Waals surface area contributed by atoms with Crippen LogP contribution in [0.4, 0.5) is 5.69 Å². The zero-order valence-electron chi connectivity index (χ0n) is 9.77. The van der Waals surface area contributed by atoms with Crippen molar-refractivity contribution in [1.29, 1.82) is 0 Å². The number of carbonyl (C=O) groups excluding carboxylic acids is 1. The highest BCUT2D eigenvalue weighted by Gasteiger charge is 2.07. The monoisotopic (exact) mass is 307 g/mol. The quantitative estimate of drug-likeness (QED) is 0.911. The minimum atomic E-state index is -0.0761. The third kappa shape index (κ3) is 3.00. The van der Waals surface area contributed by atoms with E-state index in [0.717, 1.165) is 15.9 Å². The molecule has 1 amide bonds. The Bertz CT molecular complexity index is 551. The highest BCUT2D eigenvalue weighted by Crippen LogP contribution is 2.21. The first-order valence-corrected chi connectivity index (χ1v) is 6.38. The van der Waals surface area contributed by atoms with Crippen LogP contribution in [-0.4, -0.2) is 10.5 Å². The van der Waals surface area contributed by atoms with Crippen molar-refractivity contribution in [1.82, 2.24) is 4.57 Å². The molecule has 3 N–H and O–H groups in total. The smallest absolute Gasteiger partial charge is 0.244 e. The van der Waals surface area contributed by atoms with Gasteiger partial charge in [-0.2, -0.15) is 0 Å². The molecule has 0 atom stereocenters. The lowest BCUT2D eigenvalue weighted by Crippen LogP contribution is -2.20. The van der Waals surface area contributed by atoms with Crippen molar-refractivity contribution in [3.05, 3.63) is 52.8 Å². The maximum absolute atomic E-state index is 11.9. The number of aromatic nitrogens is 1. The molecule has 1 aromatic heterocycles. The number of amides is 1. The van der Waals surface area contributed by atoms with Crippen molar-refractivity contribution < 1.29 is 4.79 Å². The number of hydrogen-bond donors (Lipinski definition) is 2. The first-order chi connectivity index (χ1) is 8.70. The summed E-state index contributed by atoms with van der Waals surface area (Å²) in [7, 11) is 0. The van der Waals surface area contributed by atoms with E-state index in [-0.39, 0.29) is 12.5 Å².